The summed E-state index contributed by atoms with van der Waals surface area (Å²) in [5.74, 6) is 1.48. The number of aromatic nitrogens is 2. The molecule has 2 aromatic carbocycles. The number of unbranched alkanes of at least 4 members (excludes halogenated alkanes) is 1. The smallest absolute Gasteiger partial charge is 0.324 e. The highest BCUT2D eigenvalue weighted by molar-refractivity contribution is 6.07. The average molecular weight is 521 g/mol. The molecule has 0 N–H and O–H groups in total. The third-order valence-corrected chi connectivity index (χ3v) is 6.72. The van der Waals surface area contributed by atoms with E-state index in [1.165, 1.54) is 0 Å². The minimum Gasteiger partial charge on any atom is -0.496 e. The summed E-state index contributed by atoms with van der Waals surface area (Å²) in [6, 6.07) is 11.0. The van der Waals surface area contributed by atoms with E-state index in [1.807, 2.05) is 29.2 Å². The number of aryl methyl sites for hydroxylation is 1. The first kappa shape index (κ1) is 27.2. The summed E-state index contributed by atoms with van der Waals surface area (Å²) in [5.41, 5.74) is 3.05. The number of imidazole rings is 1. The van der Waals surface area contributed by atoms with Gasteiger partial charge in [0.15, 0.2) is 5.82 Å². The van der Waals surface area contributed by atoms with Gasteiger partial charge in [-0.15, -0.1) is 0 Å². The Kier molecular flexibility index (Phi) is 9.02. The molecule has 2 heterocycles. The van der Waals surface area contributed by atoms with Crippen molar-refractivity contribution in [3.8, 4) is 11.5 Å². The van der Waals surface area contributed by atoms with E-state index in [-0.39, 0.29) is 11.8 Å². The van der Waals surface area contributed by atoms with Crippen molar-refractivity contribution in [3.05, 3.63) is 71.3 Å². The number of carbonyl (C=O) groups is 2. The van der Waals surface area contributed by atoms with Gasteiger partial charge in [0, 0.05) is 61.5 Å². The zero-order valence-corrected chi connectivity index (χ0v) is 22.6. The normalized spacial score (nSPS) is 13.6. The van der Waals surface area contributed by atoms with Crippen molar-refractivity contribution in [2.24, 2.45) is 7.05 Å². The van der Waals surface area contributed by atoms with Gasteiger partial charge in [0.25, 0.3) is 0 Å². The van der Waals surface area contributed by atoms with Gasteiger partial charge in [-0.05, 0) is 37.1 Å². The highest BCUT2D eigenvalue weighted by Gasteiger charge is 2.28. The maximum Gasteiger partial charge on any atom is 0.324 e. The minimum atomic E-state index is -0.184. The van der Waals surface area contributed by atoms with Crippen LogP contribution >= 0.6 is 0 Å². The van der Waals surface area contributed by atoms with Crippen molar-refractivity contribution in [2.75, 3.05) is 38.8 Å². The number of methoxy groups -OCH3 is 2. The Balaban J connectivity index is 1.50. The molecule has 202 valence electrons. The standard InChI is InChI=1S/C29H36N4O5/c1-5-6-16-38-20-23-17-24(10-11-25(23)36-3)33-14-7-13-32(29(33)35)19-22-9-8-21(18-26(22)37-4)27(34)28-30-12-15-31(28)2/h8-12,15,17-18H,5-7,13-14,16,19-20H2,1-4H3. The first-order valence-electron chi connectivity index (χ1n) is 13.0. The van der Waals surface area contributed by atoms with Gasteiger partial charge >= 0.3 is 6.03 Å². The number of anilines is 1. The Morgan fingerprint density at radius 2 is 1.84 bits per heavy atom. The topological polar surface area (TPSA) is 86.1 Å². The highest BCUT2D eigenvalue weighted by Crippen LogP contribution is 2.30. The highest BCUT2D eigenvalue weighted by atomic mass is 16.5. The fourth-order valence-electron chi connectivity index (χ4n) is 4.58. The van der Waals surface area contributed by atoms with Crippen molar-refractivity contribution in [1.29, 1.82) is 0 Å². The van der Waals surface area contributed by atoms with Crippen LogP contribution in [0.1, 0.15) is 53.5 Å². The quantitative estimate of drug-likeness (QED) is 0.252. The van der Waals surface area contributed by atoms with Crippen molar-refractivity contribution >= 4 is 17.5 Å². The second-order valence-corrected chi connectivity index (χ2v) is 9.33. The lowest BCUT2D eigenvalue weighted by atomic mass is 10.1. The summed E-state index contributed by atoms with van der Waals surface area (Å²) in [6.45, 7) is 4.89. The van der Waals surface area contributed by atoms with Gasteiger partial charge in [0.1, 0.15) is 11.5 Å². The van der Waals surface area contributed by atoms with Gasteiger partial charge in [-0.3, -0.25) is 9.69 Å². The van der Waals surface area contributed by atoms with E-state index in [2.05, 4.69) is 11.9 Å². The van der Waals surface area contributed by atoms with E-state index in [0.29, 0.717) is 50.0 Å². The number of ketones is 1. The molecule has 0 atom stereocenters. The largest absolute Gasteiger partial charge is 0.496 e. The molecule has 1 fully saturated rings. The van der Waals surface area contributed by atoms with Crippen LogP contribution in [0.3, 0.4) is 0 Å². The molecule has 0 bridgehead atoms. The van der Waals surface area contributed by atoms with Crippen LogP contribution in [0.5, 0.6) is 11.5 Å². The zero-order valence-electron chi connectivity index (χ0n) is 22.6. The fraction of sp³-hybridized carbons (Fsp3) is 0.414. The van der Waals surface area contributed by atoms with Crippen LogP contribution in [-0.2, 0) is 24.9 Å². The predicted molar refractivity (Wildman–Crippen MR) is 145 cm³/mol. The van der Waals surface area contributed by atoms with E-state index in [1.54, 1.807) is 55.3 Å². The number of benzene rings is 2. The maximum atomic E-state index is 13.5. The van der Waals surface area contributed by atoms with E-state index in [4.69, 9.17) is 14.2 Å². The van der Waals surface area contributed by atoms with Crippen molar-refractivity contribution in [3.63, 3.8) is 0 Å². The molecule has 4 rings (SSSR count). The zero-order chi connectivity index (χ0) is 27.1. The van der Waals surface area contributed by atoms with Gasteiger partial charge in [0.05, 0.1) is 27.4 Å². The van der Waals surface area contributed by atoms with Gasteiger partial charge in [-0.1, -0.05) is 25.5 Å². The third kappa shape index (κ3) is 5.99. The Bertz CT molecular complexity index is 1270. The first-order valence-corrected chi connectivity index (χ1v) is 13.0. The number of urea groups is 1. The summed E-state index contributed by atoms with van der Waals surface area (Å²) >= 11 is 0. The summed E-state index contributed by atoms with van der Waals surface area (Å²) in [7, 11) is 4.99. The molecule has 38 heavy (non-hydrogen) atoms. The Hall–Kier alpha value is -3.85. The minimum absolute atomic E-state index is 0.0746. The monoisotopic (exact) mass is 520 g/mol. The first-order chi connectivity index (χ1) is 18.5. The summed E-state index contributed by atoms with van der Waals surface area (Å²) in [4.78, 5) is 34.2. The lowest BCUT2D eigenvalue weighted by Gasteiger charge is -2.36. The van der Waals surface area contributed by atoms with Crippen LogP contribution in [0.2, 0.25) is 0 Å². The predicted octanol–water partition coefficient (Wildman–Crippen LogP) is 4.82. The van der Waals surface area contributed by atoms with Crippen molar-refractivity contribution in [1.82, 2.24) is 14.5 Å². The van der Waals surface area contributed by atoms with Gasteiger partial charge in [0.2, 0.25) is 5.78 Å². The molecule has 0 radical (unpaired) electrons. The summed E-state index contributed by atoms with van der Waals surface area (Å²) in [5, 5.41) is 0. The number of rotatable bonds is 12. The molecule has 0 saturated carbocycles. The van der Waals surface area contributed by atoms with Crippen LogP contribution in [0.4, 0.5) is 10.5 Å². The number of hydrogen-bond donors (Lipinski definition) is 0. The van der Waals surface area contributed by atoms with Crippen LogP contribution in [-0.4, -0.2) is 60.2 Å². The molecule has 2 amide bonds. The molecule has 1 aromatic heterocycles. The second-order valence-electron chi connectivity index (χ2n) is 9.33. The molecule has 0 aliphatic carbocycles. The van der Waals surface area contributed by atoms with Gasteiger partial charge < -0.3 is 23.7 Å². The molecule has 1 aliphatic rings. The number of hydrogen-bond acceptors (Lipinski definition) is 6. The molecular weight excluding hydrogens is 484 g/mol. The molecule has 0 spiro atoms. The molecule has 0 unspecified atom stereocenters. The molecule has 3 aromatic rings. The van der Waals surface area contributed by atoms with Crippen LogP contribution < -0.4 is 14.4 Å². The summed E-state index contributed by atoms with van der Waals surface area (Å²) in [6.07, 6.45) is 6.24. The van der Waals surface area contributed by atoms with E-state index < -0.39 is 0 Å². The summed E-state index contributed by atoms with van der Waals surface area (Å²) < 4.78 is 18.6. The van der Waals surface area contributed by atoms with Crippen LogP contribution in [0.15, 0.2) is 48.8 Å². The SMILES string of the molecule is CCCCOCc1cc(N2CCCN(Cc3ccc(C(=O)c4nccn4C)cc3OC)C2=O)ccc1OC. The van der Waals surface area contributed by atoms with Gasteiger partial charge in [-0.25, -0.2) is 9.78 Å². The maximum absolute atomic E-state index is 13.5. The third-order valence-electron chi connectivity index (χ3n) is 6.72. The number of nitrogens with zero attached hydrogens (tertiary/aromatic N) is 4. The second kappa shape index (κ2) is 12.6. The fourth-order valence-corrected chi connectivity index (χ4v) is 4.58. The Morgan fingerprint density at radius 1 is 1.03 bits per heavy atom. The Morgan fingerprint density at radius 3 is 2.55 bits per heavy atom. The van der Waals surface area contributed by atoms with E-state index >= 15 is 0 Å². The Labute approximate surface area is 223 Å². The average Bonchev–Trinajstić information content (AvgIpc) is 3.37. The number of carbonyl (C=O) groups excluding carboxylic acids is 2. The molecule has 1 saturated heterocycles. The van der Waals surface area contributed by atoms with Crippen molar-refractivity contribution in [2.45, 2.75) is 39.3 Å². The van der Waals surface area contributed by atoms with Crippen LogP contribution in [0, 0.1) is 0 Å². The molecular formula is C29H36N4O5. The molecule has 1 aliphatic heterocycles. The van der Waals surface area contributed by atoms with E-state index in [0.717, 1.165) is 41.8 Å². The lowest BCUT2D eigenvalue weighted by molar-refractivity contribution is 0.102. The van der Waals surface area contributed by atoms with Crippen LogP contribution in [0.25, 0.3) is 0 Å². The molecule has 9 heteroatoms. The number of amides is 2. The molecule has 9 nitrogen and oxygen atoms in total. The van der Waals surface area contributed by atoms with Gasteiger partial charge in [-0.2, -0.15) is 0 Å². The lowest BCUT2D eigenvalue weighted by Crippen LogP contribution is -2.49. The van der Waals surface area contributed by atoms with E-state index in [9.17, 15) is 9.59 Å². The number of ether oxygens (including phenoxy) is 3. The van der Waals surface area contributed by atoms with Crippen molar-refractivity contribution < 1.29 is 23.8 Å².